The maximum atomic E-state index is 11.1. The summed E-state index contributed by atoms with van der Waals surface area (Å²) in [5.74, 6) is 0.299. The summed E-state index contributed by atoms with van der Waals surface area (Å²) >= 11 is 5.34. The van der Waals surface area contributed by atoms with E-state index in [9.17, 15) is 13.2 Å². The summed E-state index contributed by atoms with van der Waals surface area (Å²) < 4.78 is 24.5. The van der Waals surface area contributed by atoms with Crippen molar-refractivity contribution in [3.8, 4) is 0 Å². The summed E-state index contributed by atoms with van der Waals surface area (Å²) in [6.07, 6.45) is 0.403. The topological polar surface area (TPSA) is 101 Å². The average Bonchev–Trinajstić information content (AvgIpc) is 2.09. The molecule has 6 nitrogen and oxygen atoms in total. The molecule has 0 unspecified atom stereocenters. The van der Waals surface area contributed by atoms with Crippen molar-refractivity contribution in [2.24, 2.45) is 5.73 Å². The molecule has 0 radical (unpaired) electrons. The second kappa shape index (κ2) is 6.86. The Morgan fingerprint density at radius 1 is 1.36 bits per heavy atom. The first-order valence-electron chi connectivity index (χ1n) is 4.04. The molecule has 0 aliphatic heterocycles. The summed E-state index contributed by atoms with van der Waals surface area (Å²) in [6.45, 7) is 0.309. The van der Waals surface area contributed by atoms with E-state index in [1.807, 2.05) is 0 Å². The van der Waals surface area contributed by atoms with Gasteiger partial charge in [-0.3, -0.25) is 0 Å². The van der Waals surface area contributed by atoms with Crippen LogP contribution >= 0.6 is 11.6 Å². The molecule has 8 heteroatoms. The minimum Gasteiger partial charge on any atom is -0.352 e. The van der Waals surface area contributed by atoms with Crippen LogP contribution in [-0.2, 0) is 10.0 Å². The maximum Gasteiger partial charge on any atom is 0.312 e. The summed E-state index contributed by atoms with van der Waals surface area (Å²) in [6, 6.07) is -0.676. The van der Waals surface area contributed by atoms with E-state index in [0.29, 0.717) is 12.3 Å². The van der Waals surface area contributed by atoms with Gasteiger partial charge in [-0.2, -0.15) is 0 Å². The molecule has 0 aliphatic carbocycles. The number of primary amides is 1. The van der Waals surface area contributed by atoms with Crippen molar-refractivity contribution in [3.63, 3.8) is 0 Å². The van der Waals surface area contributed by atoms with Crippen LogP contribution in [0.2, 0.25) is 0 Å². The Morgan fingerprint density at radius 2 is 2.00 bits per heavy atom. The SMILES string of the molecule is NC(=O)NCCNS(=O)(=O)CCCCl. The van der Waals surface area contributed by atoms with Crippen LogP contribution in [0.3, 0.4) is 0 Å². The summed E-state index contributed by atoms with van der Waals surface area (Å²) in [5.41, 5.74) is 4.78. The van der Waals surface area contributed by atoms with Crippen LogP contribution in [0.25, 0.3) is 0 Å². The van der Waals surface area contributed by atoms with Crippen molar-refractivity contribution < 1.29 is 13.2 Å². The fraction of sp³-hybridized carbons (Fsp3) is 0.833. The number of sulfonamides is 1. The van der Waals surface area contributed by atoms with Crippen molar-refractivity contribution in [1.82, 2.24) is 10.0 Å². The molecule has 0 atom stereocenters. The van der Waals surface area contributed by atoms with Crippen molar-refractivity contribution in [2.75, 3.05) is 24.7 Å². The lowest BCUT2D eigenvalue weighted by Crippen LogP contribution is -2.37. The van der Waals surface area contributed by atoms with Crippen LogP contribution in [0.5, 0.6) is 0 Å². The molecule has 0 fully saturated rings. The van der Waals surface area contributed by atoms with Crippen LogP contribution in [0.4, 0.5) is 4.79 Å². The van der Waals surface area contributed by atoms with E-state index in [-0.39, 0.29) is 18.8 Å². The summed E-state index contributed by atoms with van der Waals surface area (Å²) in [4.78, 5) is 10.2. The Bertz CT molecular complexity index is 267. The Labute approximate surface area is 88.2 Å². The van der Waals surface area contributed by atoms with Gasteiger partial charge >= 0.3 is 6.03 Å². The lowest BCUT2D eigenvalue weighted by atomic mass is 10.6. The number of hydrogen-bond donors (Lipinski definition) is 3. The molecule has 0 aromatic carbocycles. The number of hydrogen-bond acceptors (Lipinski definition) is 3. The first kappa shape index (κ1) is 13.5. The number of nitrogens with one attached hydrogen (secondary N) is 2. The second-order valence-electron chi connectivity index (χ2n) is 2.55. The zero-order valence-electron chi connectivity index (χ0n) is 7.62. The van der Waals surface area contributed by atoms with E-state index in [4.69, 9.17) is 17.3 Å². The molecule has 0 saturated heterocycles. The van der Waals surface area contributed by atoms with E-state index >= 15 is 0 Å². The molecule has 84 valence electrons. The molecular weight excluding hydrogens is 230 g/mol. The summed E-state index contributed by atoms with van der Waals surface area (Å²) in [5, 5.41) is 2.26. The predicted octanol–water partition coefficient (Wildman–Crippen LogP) is -0.797. The molecular formula is C6H14ClN3O3S. The number of carbonyl (C=O) groups excluding carboxylic acids is 1. The minimum atomic E-state index is -3.27. The molecule has 4 N–H and O–H groups in total. The molecule has 2 amide bonds. The Kier molecular flexibility index (Phi) is 6.60. The average molecular weight is 244 g/mol. The number of rotatable bonds is 7. The first-order valence-corrected chi connectivity index (χ1v) is 6.23. The van der Waals surface area contributed by atoms with Gasteiger partial charge in [-0.05, 0) is 6.42 Å². The highest BCUT2D eigenvalue weighted by molar-refractivity contribution is 7.89. The smallest absolute Gasteiger partial charge is 0.312 e. The third kappa shape index (κ3) is 8.09. The zero-order chi connectivity index (χ0) is 11.0. The third-order valence-electron chi connectivity index (χ3n) is 1.29. The standard InChI is InChI=1S/C6H14ClN3O3S/c7-2-1-5-14(12,13)10-4-3-9-6(8)11/h10H,1-5H2,(H3,8,9,11). The third-order valence-corrected chi connectivity index (χ3v) is 3.03. The number of amides is 2. The fourth-order valence-corrected chi connectivity index (χ4v) is 2.08. The first-order chi connectivity index (χ1) is 6.48. The van der Waals surface area contributed by atoms with Crippen molar-refractivity contribution in [2.45, 2.75) is 6.42 Å². The van der Waals surface area contributed by atoms with E-state index in [2.05, 4.69) is 10.0 Å². The van der Waals surface area contributed by atoms with E-state index in [1.54, 1.807) is 0 Å². The van der Waals surface area contributed by atoms with E-state index in [1.165, 1.54) is 0 Å². The maximum absolute atomic E-state index is 11.1. The van der Waals surface area contributed by atoms with Gasteiger partial charge in [-0.15, -0.1) is 11.6 Å². The molecule has 0 aromatic rings. The largest absolute Gasteiger partial charge is 0.352 e. The highest BCUT2D eigenvalue weighted by Crippen LogP contribution is 1.90. The van der Waals surface area contributed by atoms with Gasteiger partial charge in [-0.25, -0.2) is 17.9 Å². The lowest BCUT2D eigenvalue weighted by molar-refractivity contribution is 0.249. The van der Waals surface area contributed by atoms with Gasteiger partial charge < -0.3 is 11.1 Å². The fourth-order valence-electron chi connectivity index (χ4n) is 0.709. The van der Waals surface area contributed by atoms with Gasteiger partial charge in [0.05, 0.1) is 5.75 Å². The van der Waals surface area contributed by atoms with E-state index < -0.39 is 16.1 Å². The predicted molar refractivity (Wildman–Crippen MR) is 54.7 cm³/mol. The molecule has 0 heterocycles. The highest BCUT2D eigenvalue weighted by atomic mass is 35.5. The monoisotopic (exact) mass is 243 g/mol. The zero-order valence-corrected chi connectivity index (χ0v) is 9.20. The highest BCUT2D eigenvalue weighted by Gasteiger charge is 2.07. The Morgan fingerprint density at radius 3 is 2.50 bits per heavy atom. The number of urea groups is 1. The van der Waals surface area contributed by atoms with Crippen LogP contribution in [0, 0.1) is 0 Å². The molecule has 0 aliphatic rings. The van der Waals surface area contributed by atoms with Crippen molar-refractivity contribution >= 4 is 27.7 Å². The Balaban J connectivity index is 3.61. The number of nitrogens with two attached hydrogens (primary N) is 1. The number of halogens is 1. The number of alkyl halides is 1. The molecule has 0 aromatic heterocycles. The van der Waals surface area contributed by atoms with Crippen LogP contribution < -0.4 is 15.8 Å². The number of carbonyl (C=O) groups is 1. The quantitative estimate of drug-likeness (QED) is 0.403. The molecule has 0 rings (SSSR count). The van der Waals surface area contributed by atoms with Crippen molar-refractivity contribution in [1.29, 1.82) is 0 Å². The van der Waals surface area contributed by atoms with Gasteiger partial charge in [-0.1, -0.05) is 0 Å². The normalized spacial score (nSPS) is 11.2. The van der Waals surface area contributed by atoms with Crippen molar-refractivity contribution in [3.05, 3.63) is 0 Å². The second-order valence-corrected chi connectivity index (χ2v) is 4.85. The van der Waals surface area contributed by atoms with Gasteiger partial charge in [0.25, 0.3) is 0 Å². The van der Waals surface area contributed by atoms with Crippen LogP contribution in [0.1, 0.15) is 6.42 Å². The molecule has 0 bridgehead atoms. The molecule has 0 spiro atoms. The van der Waals surface area contributed by atoms with Gasteiger partial charge in [0.2, 0.25) is 10.0 Å². The van der Waals surface area contributed by atoms with Gasteiger partial charge in [0.15, 0.2) is 0 Å². The minimum absolute atomic E-state index is 0.00687. The lowest BCUT2D eigenvalue weighted by Gasteiger charge is -2.05. The van der Waals surface area contributed by atoms with Gasteiger partial charge in [0, 0.05) is 19.0 Å². The summed E-state index contributed by atoms with van der Waals surface area (Å²) in [7, 11) is -3.27. The molecule has 0 saturated carbocycles. The van der Waals surface area contributed by atoms with Crippen LogP contribution in [0.15, 0.2) is 0 Å². The Hall–Kier alpha value is -0.530. The molecule has 14 heavy (non-hydrogen) atoms. The van der Waals surface area contributed by atoms with E-state index in [0.717, 1.165) is 0 Å². The van der Waals surface area contributed by atoms with Gasteiger partial charge in [0.1, 0.15) is 0 Å². The van der Waals surface area contributed by atoms with Crippen LogP contribution in [-0.4, -0.2) is 39.2 Å².